The Morgan fingerprint density at radius 3 is 0.932 bits per heavy atom. The van der Waals surface area contributed by atoms with Gasteiger partial charge in [-0.2, -0.15) is 5.26 Å². The topological polar surface area (TPSA) is 277 Å². The molecule has 0 aromatic carbocycles. The highest BCUT2D eigenvalue weighted by Gasteiger charge is 2.35. The lowest BCUT2D eigenvalue weighted by Gasteiger charge is -2.39. The third kappa shape index (κ3) is 29.6. The molecule has 28 heteroatoms. The van der Waals surface area contributed by atoms with Gasteiger partial charge in [0.15, 0.2) is 20.4 Å². The van der Waals surface area contributed by atoms with Crippen LogP contribution >= 0.6 is 72.9 Å². The van der Waals surface area contributed by atoms with Crippen LogP contribution in [-0.2, 0) is 0 Å². The molecular formula is C46H94N22S6. The first-order chi connectivity index (χ1) is 36.1. The van der Waals surface area contributed by atoms with Crippen LogP contribution in [-0.4, -0.2) is 243 Å². The number of thiocarbonyl (C=S) groups is 5. The molecule has 6 fully saturated rings. The molecule has 0 atom stereocenters. The van der Waals surface area contributed by atoms with E-state index < -0.39 is 0 Å². The second kappa shape index (κ2) is 41.0. The maximum atomic E-state index is 8.69. The quantitative estimate of drug-likeness (QED) is 0.0302. The maximum Gasteiger partial charge on any atom is 0.166 e. The van der Waals surface area contributed by atoms with Gasteiger partial charge in [-0.25, -0.2) is 4.99 Å². The fourth-order valence-electron chi connectivity index (χ4n) is 8.84. The van der Waals surface area contributed by atoms with Crippen LogP contribution in [0.3, 0.4) is 0 Å². The third-order valence-electron chi connectivity index (χ3n) is 12.7. The zero-order valence-corrected chi connectivity index (χ0v) is 49.3. The molecule has 22 nitrogen and oxygen atoms in total. The molecule has 424 valence electrons. The molecule has 4 bridgehead atoms. The van der Waals surface area contributed by atoms with E-state index in [1.807, 2.05) is 0 Å². The predicted octanol–water partition coefficient (Wildman–Crippen LogP) is -4.17. The standard InChI is InChI=1S/C26H50N12S4.C20H44N10S2/c27-21-42-14-4-3-7-36-24(41)38-26-18-31-11-8-28-15-25(16-29-9-12-32-19-26,17-30-10-13-33-20-26)37-23(40)35-6-2-1-5-34-22-39;1-3-27-17(31)29-19-11-21-5-8-24-14-20(30-18(32)28-4-2,15-25-9-6-22-12-19)16-26-10-7-23-13-19/h28-33H,1-20H2,(H2,35,37,40)(H2,36,38,41);21-26H,3-16H2,1-2H3,(H2,27,29,31)(H2,28,30,32). The van der Waals surface area contributed by atoms with Crippen LogP contribution in [0, 0.1) is 10.7 Å². The summed E-state index contributed by atoms with van der Waals surface area (Å²) in [6, 6.07) is 0. The minimum absolute atomic E-state index is 0.225. The molecule has 6 rings (SSSR count). The SMILES string of the molecule is CCNC(=S)NC12CNCCNCC(NC(=S)NCC)(CNCCNC1)CNCCNC2.N#CSCCCCNC(=S)NC12CNCCNCC(NC(=S)NCCCCN=C=S)(CNCCNC1)CNCCNC2. The molecule has 0 aromatic heterocycles. The molecule has 0 spiro atoms. The van der Waals surface area contributed by atoms with Crippen molar-refractivity contribution in [2.45, 2.75) is 61.7 Å². The molecule has 0 amide bonds. The smallest absolute Gasteiger partial charge is 0.166 e. The summed E-state index contributed by atoms with van der Waals surface area (Å²) in [4.78, 5) is 3.97. The van der Waals surface area contributed by atoms with E-state index in [1.54, 1.807) is 0 Å². The summed E-state index contributed by atoms with van der Waals surface area (Å²) in [6.07, 6.45) is 3.88. The number of hydrogen-bond acceptors (Lipinski definition) is 20. The second-order valence-electron chi connectivity index (χ2n) is 19.3. The molecule has 6 saturated heterocycles. The van der Waals surface area contributed by atoms with E-state index in [4.69, 9.17) is 54.1 Å². The molecule has 20 N–H and O–H groups in total. The van der Waals surface area contributed by atoms with Gasteiger partial charge in [0.1, 0.15) is 5.40 Å². The number of rotatable bonds is 16. The fourth-order valence-corrected chi connectivity index (χ4v) is 10.7. The summed E-state index contributed by atoms with van der Waals surface area (Å²) < 4.78 is 0. The molecule has 6 aliphatic rings. The fraction of sp³-hybridized carbons (Fsp3) is 0.870. The number of thiocyanates is 1. The first-order valence-electron chi connectivity index (χ1n) is 26.8. The Labute approximate surface area is 474 Å². The van der Waals surface area contributed by atoms with Gasteiger partial charge in [0.25, 0.3) is 0 Å². The van der Waals surface area contributed by atoms with E-state index in [1.165, 1.54) is 11.8 Å². The van der Waals surface area contributed by atoms with Crippen LogP contribution in [0.2, 0.25) is 0 Å². The maximum absolute atomic E-state index is 8.69. The molecular weight excluding hydrogens is 1050 g/mol. The second-order valence-corrected chi connectivity index (χ2v) is 22.0. The first-order valence-corrected chi connectivity index (χ1v) is 29.9. The van der Waals surface area contributed by atoms with E-state index in [2.05, 4.69) is 148 Å². The molecule has 0 aliphatic carbocycles. The third-order valence-corrected chi connectivity index (χ3v) is 14.4. The Bertz CT molecular complexity index is 1520. The van der Waals surface area contributed by atoms with Crippen LogP contribution in [0.4, 0.5) is 0 Å². The van der Waals surface area contributed by atoms with Gasteiger partial charge in [-0.05, 0) is 112 Å². The highest BCUT2D eigenvalue weighted by atomic mass is 32.2. The molecule has 0 saturated carbocycles. The van der Waals surface area contributed by atoms with Gasteiger partial charge < -0.3 is 106 Å². The predicted molar refractivity (Wildman–Crippen MR) is 328 cm³/mol. The largest absolute Gasteiger partial charge is 0.363 e. The van der Waals surface area contributed by atoms with Crippen molar-refractivity contribution in [1.82, 2.24) is 106 Å². The average Bonchev–Trinajstić information content (AvgIpc) is 3.37. The van der Waals surface area contributed by atoms with Crippen molar-refractivity contribution in [3.05, 3.63) is 0 Å². The first kappa shape index (κ1) is 66.2. The van der Waals surface area contributed by atoms with Crippen LogP contribution < -0.4 is 106 Å². The van der Waals surface area contributed by atoms with E-state index in [-0.39, 0.29) is 22.2 Å². The van der Waals surface area contributed by atoms with Gasteiger partial charge >= 0.3 is 0 Å². The van der Waals surface area contributed by atoms with E-state index in [0.717, 1.165) is 215 Å². The number of nitrogens with one attached hydrogen (secondary N) is 20. The average molecular weight is 1150 g/mol. The normalized spacial score (nSPS) is 26.1. The lowest BCUT2D eigenvalue weighted by Crippen LogP contribution is -2.69. The Morgan fingerprint density at radius 1 is 0.432 bits per heavy atom. The van der Waals surface area contributed by atoms with Gasteiger partial charge in [0.2, 0.25) is 0 Å². The zero-order valence-electron chi connectivity index (χ0n) is 44.4. The van der Waals surface area contributed by atoms with E-state index >= 15 is 0 Å². The van der Waals surface area contributed by atoms with Crippen LogP contribution in [0.1, 0.15) is 39.5 Å². The monoisotopic (exact) mass is 1150 g/mol. The van der Waals surface area contributed by atoms with Crippen molar-refractivity contribution >= 4 is 98.5 Å². The highest BCUT2D eigenvalue weighted by Crippen LogP contribution is 2.08. The van der Waals surface area contributed by atoms with Gasteiger partial charge in [-0.3, -0.25) is 0 Å². The molecule has 74 heavy (non-hydrogen) atoms. The summed E-state index contributed by atoms with van der Waals surface area (Å²) in [5.74, 6) is 0.850. The molecule has 0 radical (unpaired) electrons. The molecule has 6 aliphatic heterocycles. The minimum Gasteiger partial charge on any atom is -0.363 e. The van der Waals surface area contributed by atoms with Crippen molar-refractivity contribution in [2.75, 3.05) is 196 Å². The minimum atomic E-state index is -0.298. The summed E-state index contributed by atoms with van der Waals surface area (Å²) in [6.45, 7) is 27.5. The number of unbranched alkanes of at least 4 members (excludes halogenated alkanes) is 2. The summed E-state index contributed by atoms with van der Waals surface area (Å²) in [5.41, 5.74) is -1.04. The number of isothiocyanates is 1. The number of thioether (sulfide) groups is 1. The summed E-state index contributed by atoms with van der Waals surface area (Å²) in [5, 5.41) is 87.3. The van der Waals surface area contributed by atoms with Crippen molar-refractivity contribution in [1.29, 1.82) is 5.26 Å². The number of hydrogen-bond donors (Lipinski definition) is 20. The Morgan fingerprint density at radius 2 is 0.689 bits per heavy atom. The lowest BCUT2D eigenvalue weighted by atomic mass is 9.97. The van der Waals surface area contributed by atoms with Crippen molar-refractivity contribution in [2.24, 2.45) is 4.99 Å². The molecule has 0 unspecified atom stereocenters. The Hall–Kier alpha value is -2.08. The van der Waals surface area contributed by atoms with Gasteiger partial charge in [0, 0.05) is 196 Å². The van der Waals surface area contributed by atoms with E-state index in [0.29, 0.717) is 27.0 Å². The summed E-state index contributed by atoms with van der Waals surface area (Å²) >= 11 is 28.4. The van der Waals surface area contributed by atoms with Crippen LogP contribution in [0.25, 0.3) is 0 Å². The van der Waals surface area contributed by atoms with Crippen molar-refractivity contribution in [3.8, 4) is 5.40 Å². The lowest BCUT2D eigenvalue weighted by molar-refractivity contribution is 0.287. The molecule has 6 heterocycles. The summed E-state index contributed by atoms with van der Waals surface area (Å²) in [7, 11) is 0. The van der Waals surface area contributed by atoms with Gasteiger partial charge in [0.05, 0.1) is 27.3 Å². The van der Waals surface area contributed by atoms with Crippen LogP contribution in [0.15, 0.2) is 4.99 Å². The number of fused-ring (bicyclic) bond motifs is 30. The Balaban J connectivity index is 0.000000405. The van der Waals surface area contributed by atoms with E-state index in [9.17, 15) is 0 Å². The van der Waals surface area contributed by atoms with Gasteiger partial charge in [-0.1, -0.05) is 0 Å². The van der Waals surface area contributed by atoms with Gasteiger partial charge in [-0.15, -0.1) is 0 Å². The number of nitriles is 1. The number of aliphatic imine (C=N–C) groups is 1. The number of nitrogens with zero attached hydrogens (tertiary/aromatic N) is 2. The van der Waals surface area contributed by atoms with Crippen LogP contribution in [0.5, 0.6) is 0 Å². The zero-order chi connectivity index (χ0) is 53.3. The highest BCUT2D eigenvalue weighted by molar-refractivity contribution is 8.03. The van der Waals surface area contributed by atoms with Crippen molar-refractivity contribution in [3.63, 3.8) is 0 Å². The Kier molecular flexibility index (Phi) is 36.7. The molecule has 0 aromatic rings. The van der Waals surface area contributed by atoms with Crippen molar-refractivity contribution < 1.29 is 0 Å².